The average molecular weight is 412 g/mol. The highest BCUT2D eigenvalue weighted by atomic mass is 16.8. The van der Waals surface area contributed by atoms with E-state index in [0.29, 0.717) is 0 Å². The summed E-state index contributed by atoms with van der Waals surface area (Å²) in [6, 6.07) is 0. The first kappa shape index (κ1) is 23.8. The van der Waals surface area contributed by atoms with Crippen LogP contribution in [0.3, 0.4) is 0 Å². The molecule has 2 heterocycles. The Hall–Kier alpha value is -0.440. The quantitative estimate of drug-likeness (QED) is 0.363. The molecule has 0 amide bonds. The molecule has 2 fully saturated rings. The standard InChI is InChI=1S/C17H32O11/c1-21-11-9(6-18)26-16(14(24-4)13(11)23-3)28-17(8-20)15(25-5)12(22-2)10(7-19)27-17/h9-16,18-20H,6-8H2,1-5H3/t9-,10-,11-,12-,13+,14-,15+,16-,17+/m1/s1. The van der Waals surface area contributed by atoms with Gasteiger partial charge in [-0.2, -0.15) is 0 Å². The zero-order valence-corrected chi connectivity index (χ0v) is 16.8. The van der Waals surface area contributed by atoms with E-state index < -0.39 is 61.4 Å². The van der Waals surface area contributed by atoms with Gasteiger partial charge >= 0.3 is 0 Å². The molecule has 28 heavy (non-hydrogen) atoms. The summed E-state index contributed by atoms with van der Waals surface area (Å²) in [5.74, 6) is -1.69. The Bertz CT molecular complexity index is 466. The van der Waals surface area contributed by atoms with Crippen LogP contribution < -0.4 is 0 Å². The number of aliphatic hydroxyl groups is 3. The van der Waals surface area contributed by atoms with E-state index in [9.17, 15) is 15.3 Å². The SMILES string of the molecule is CO[C@@H]1[C@@H](OC)[C@@H](O[C@]2(CO)O[C@H](CO)[C@@H](OC)[C@@H]2OC)O[C@H](CO)[C@H]1OC. The first-order valence-electron chi connectivity index (χ1n) is 8.98. The first-order chi connectivity index (χ1) is 13.5. The fourth-order valence-corrected chi connectivity index (χ4v) is 3.94. The second kappa shape index (κ2) is 10.5. The molecule has 0 aromatic heterocycles. The minimum atomic E-state index is -1.69. The minimum Gasteiger partial charge on any atom is -0.394 e. The fraction of sp³-hybridized carbons (Fsp3) is 1.00. The minimum absolute atomic E-state index is 0.352. The van der Waals surface area contributed by atoms with E-state index in [1.165, 1.54) is 35.5 Å². The molecule has 0 aliphatic carbocycles. The summed E-state index contributed by atoms with van der Waals surface area (Å²) in [4.78, 5) is 0. The van der Waals surface area contributed by atoms with Gasteiger partial charge in [-0.1, -0.05) is 0 Å². The zero-order chi connectivity index (χ0) is 20.9. The molecule has 2 aliphatic rings. The number of rotatable bonds is 10. The van der Waals surface area contributed by atoms with Crippen molar-refractivity contribution in [1.82, 2.24) is 0 Å². The molecule has 166 valence electrons. The first-order valence-corrected chi connectivity index (χ1v) is 8.98. The molecule has 0 radical (unpaired) electrons. The molecule has 0 bridgehead atoms. The topological polar surface area (TPSA) is 135 Å². The van der Waals surface area contributed by atoms with Gasteiger partial charge < -0.3 is 53.2 Å². The van der Waals surface area contributed by atoms with Crippen LogP contribution in [0.1, 0.15) is 0 Å². The van der Waals surface area contributed by atoms with Crippen molar-refractivity contribution in [1.29, 1.82) is 0 Å². The number of methoxy groups -OCH3 is 5. The summed E-state index contributed by atoms with van der Waals surface area (Å²) in [7, 11) is 7.26. The van der Waals surface area contributed by atoms with Gasteiger partial charge in [0.15, 0.2) is 6.29 Å². The predicted molar refractivity (Wildman–Crippen MR) is 92.6 cm³/mol. The lowest BCUT2D eigenvalue weighted by Crippen LogP contribution is -2.64. The molecule has 0 aromatic rings. The van der Waals surface area contributed by atoms with Gasteiger partial charge in [-0.25, -0.2) is 0 Å². The van der Waals surface area contributed by atoms with Crippen LogP contribution in [0.2, 0.25) is 0 Å². The summed E-state index contributed by atoms with van der Waals surface area (Å²) in [5.41, 5.74) is 0. The molecule has 9 atom stereocenters. The number of aliphatic hydroxyl groups excluding tert-OH is 3. The van der Waals surface area contributed by atoms with Crippen LogP contribution in [0.15, 0.2) is 0 Å². The Morgan fingerprint density at radius 2 is 1.29 bits per heavy atom. The summed E-state index contributed by atoms with van der Waals surface area (Å²) < 4.78 is 44.9. The monoisotopic (exact) mass is 412 g/mol. The Morgan fingerprint density at radius 3 is 1.71 bits per heavy atom. The molecule has 3 N–H and O–H groups in total. The third-order valence-corrected chi connectivity index (χ3v) is 5.28. The van der Waals surface area contributed by atoms with Gasteiger partial charge in [-0.15, -0.1) is 0 Å². The average Bonchev–Trinajstić information content (AvgIpc) is 3.05. The highest BCUT2D eigenvalue weighted by Gasteiger charge is 2.60. The van der Waals surface area contributed by atoms with Crippen molar-refractivity contribution in [3.8, 4) is 0 Å². The fourth-order valence-electron chi connectivity index (χ4n) is 3.94. The Morgan fingerprint density at radius 1 is 0.714 bits per heavy atom. The van der Waals surface area contributed by atoms with Crippen molar-refractivity contribution in [2.75, 3.05) is 55.4 Å². The van der Waals surface area contributed by atoms with Gasteiger partial charge in [0, 0.05) is 35.5 Å². The van der Waals surface area contributed by atoms with Crippen LogP contribution in [0.25, 0.3) is 0 Å². The van der Waals surface area contributed by atoms with Crippen molar-refractivity contribution in [2.45, 2.75) is 54.8 Å². The molecule has 11 heteroatoms. The maximum absolute atomic E-state index is 10.1. The lowest BCUT2D eigenvalue weighted by Gasteiger charge is -2.46. The van der Waals surface area contributed by atoms with Crippen LogP contribution >= 0.6 is 0 Å². The van der Waals surface area contributed by atoms with Gasteiger partial charge in [0.05, 0.1) is 13.2 Å². The van der Waals surface area contributed by atoms with Gasteiger partial charge in [-0.05, 0) is 0 Å². The van der Waals surface area contributed by atoms with Gasteiger partial charge in [-0.3, -0.25) is 0 Å². The summed E-state index contributed by atoms with van der Waals surface area (Å²) in [6.45, 7) is -1.32. The molecule has 2 rings (SSSR count). The Balaban J connectivity index is 2.33. The molecule has 0 aromatic carbocycles. The second-order valence-electron chi connectivity index (χ2n) is 6.61. The van der Waals surface area contributed by atoms with Crippen LogP contribution in [0.4, 0.5) is 0 Å². The van der Waals surface area contributed by atoms with Crippen LogP contribution in [0.5, 0.6) is 0 Å². The number of hydrogen-bond donors (Lipinski definition) is 3. The Kier molecular flexibility index (Phi) is 8.98. The molecular weight excluding hydrogens is 380 g/mol. The largest absolute Gasteiger partial charge is 0.394 e. The van der Waals surface area contributed by atoms with Crippen molar-refractivity contribution in [2.24, 2.45) is 0 Å². The van der Waals surface area contributed by atoms with Gasteiger partial charge in [0.2, 0.25) is 5.79 Å². The van der Waals surface area contributed by atoms with Crippen LogP contribution in [0, 0.1) is 0 Å². The highest BCUT2D eigenvalue weighted by molar-refractivity contribution is 5.00. The smallest absolute Gasteiger partial charge is 0.224 e. The van der Waals surface area contributed by atoms with Gasteiger partial charge in [0.1, 0.15) is 49.3 Å². The Labute approximate surface area is 164 Å². The number of hydrogen-bond acceptors (Lipinski definition) is 11. The molecule has 0 unspecified atom stereocenters. The van der Waals surface area contributed by atoms with E-state index in [1.807, 2.05) is 0 Å². The van der Waals surface area contributed by atoms with E-state index in [-0.39, 0.29) is 13.2 Å². The normalized spacial score (nSPS) is 44.1. The molecular formula is C17H32O11. The van der Waals surface area contributed by atoms with Gasteiger partial charge in [0.25, 0.3) is 0 Å². The maximum Gasteiger partial charge on any atom is 0.224 e. The lowest BCUT2D eigenvalue weighted by molar-refractivity contribution is -0.388. The summed E-state index contributed by atoms with van der Waals surface area (Å²) in [5, 5.41) is 29.4. The molecule has 2 saturated heterocycles. The third-order valence-electron chi connectivity index (χ3n) is 5.28. The lowest BCUT2D eigenvalue weighted by atomic mass is 9.98. The van der Waals surface area contributed by atoms with E-state index in [2.05, 4.69) is 0 Å². The maximum atomic E-state index is 10.1. The highest BCUT2D eigenvalue weighted by Crippen LogP contribution is 2.39. The number of ether oxygens (including phenoxy) is 8. The molecule has 11 nitrogen and oxygen atoms in total. The van der Waals surface area contributed by atoms with Crippen molar-refractivity contribution in [3.63, 3.8) is 0 Å². The zero-order valence-electron chi connectivity index (χ0n) is 16.8. The van der Waals surface area contributed by atoms with E-state index in [1.54, 1.807) is 0 Å². The van der Waals surface area contributed by atoms with E-state index >= 15 is 0 Å². The van der Waals surface area contributed by atoms with Crippen LogP contribution in [-0.4, -0.2) is 125 Å². The van der Waals surface area contributed by atoms with E-state index in [0.717, 1.165) is 0 Å². The predicted octanol–water partition coefficient (Wildman–Crippen LogP) is -2.13. The second-order valence-corrected chi connectivity index (χ2v) is 6.61. The van der Waals surface area contributed by atoms with Crippen molar-refractivity contribution < 1.29 is 53.2 Å². The van der Waals surface area contributed by atoms with Crippen molar-refractivity contribution in [3.05, 3.63) is 0 Å². The molecule has 0 spiro atoms. The molecule has 2 aliphatic heterocycles. The third kappa shape index (κ3) is 4.20. The van der Waals surface area contributed by atoms with Crippen molar-refractivity contribution >= 4 is 0 Å². The summed E-state index contributed by atoms with van der Waals surface area (Å²) >= 11 is 0. The summed E-state index contributed by atoms with van der Waals surface area (Å²) in [6.07, 6.45) is -6.21. The molecule has 0 saturated carbocycles. The van der Waals surface area contributed by atoms with Crippen LogP contribution in [-0.2, 0) is 37.9 Å². The van der Waals surface area contributed by atoms with E-state index in [4.69, 9.17) is 37.9 Å².